The van der Waals surface area contributed by atoms with Crippen molar-refractivity contribution >= 4 is 5.91 Å². The van der Waals surface area contributed by atoms with Gasteiger partial charge in [0.05, 0.1) is 7.11 Å². The molecule has 22 heavy (non-hydrogen) atoms. The molecule has 2 rings (SSSR count). The van der Waals surface area contributed by atoms with Gasteiger partial charge in [0.1, 0.15) is 0 Å². The first-order chi connectivity index (χ1) is 10.7. The molecular weight excluding hydrogens is 280 g/mol. The maximum Gasteiger partial charge on any atom is 0.261 e. The third kappa shape index (κ3) is 4.22. The van der Waals surface area contributed by atoms with Crippen LogP contribution in [0.4, 0.5) is 0 Å². The van der Waals surface area contributed by atoms with E-state index in [1.165, 1.54) is 0 Å². The monoisotopic (exact) mass is 300 g/mol. The molecule has 0 bridgehead atoms. The van der Waals surface area contributed by atoms with Gasteiger partial charge in [-0.15, -0.1) is 0 Å². The van der Waals surface area contributed by atoms with Gasteiger partial charge in [-0.3, -0.25) is 9.78 Å². The van der Waals surface area contributed by atoms with Crippen LogP contribution in [0.25, 0.3) is 0 Å². The zero-order valence-electron chi connectivity index (χ0n) is 12.8. The van der Waals surface area contributed by atoms with E-state index in [0.717, 1.165) is 5.56 Å². The number of hydrogen-bond donors (Lipinski definition) is 1. The van der Waals surface area contributed by atoms with E-state index in [2.05, 4.69) is 10.3 Å². The second-order valence-electron chi connectivity index (χ2n) is 4.74. The molecule has 5 nitrogen and oxygen atoms in total. The fraction of sp³-hybridized carbons (Fsp3) is 0.294. The molecule has 1 atom stereocenters. The Labute approximate surface area is 130 Å². The molecule has 0 fully saturated rings. The summed E-state index contributed by atoms with van der Waals surface area (Å²) >= 11 is 0. The molecule has 0 radical (unpaired) electrons. The molecule has 0 saturated heterocycles. The number of amides is 1. The van der Waals surface area contributed by atoms with Gasteiger partial charge in [-0.05, 0) is 36.2 Å². The van der Waals surface area contributed by atoms with Crippen molar-refractivity contribution in [2.75, 3.05) is 7.11 Å². The second kappa shape index (κ2) is 8.02. The van der Waals surface area contributed by atoms with Crippen LogP contribution in [-0.2, 0) is 11.3 Å². The zero-order chi connectivity index (χ0) is 15.8. The number of pyridine rings is 1. The minimum atomic E-state index is -0.557. The Morgan fingerprint density at radius 1 is 1.18 bits per heavy atom. The fourth-order valence-electron chi connectivity index (χ4n) is 2.00. The van der Waals surface area contributed by atoms with Crippen LogP contribution in [0.15, 0.2) is 48.8 Å². The molecule has 0 spiro atoms. The highest BCUT2D eigenvalue weighted by atomic mass is 16.5. The molecule has 1 aromatic heterocycles. The number of methoxy groups -OCH3 is 1. The van der Waals surface area contributed by atoms with Gasteiger partial charge in [0.15, 0.2) is 17.6 Å². The summed E-state index contributed by atoms with van der Waals surface area (Å²) in [5.74, 6) is 1.03. The quantitative estimate of drug-likeness (QED) is 0.853. The molecule has 5 heteroatoms. The van der Waals surface area contributed by atoms with Crippen molar-refractivity contribution in [1.29, 1.82) is 0 Å². The Hall–Kier alpha value is -2.56. The van der Waals surface area contributed by atoms with Crippen molar-refractivity contribution in [3.63, 3.8) is 0 Å². The highest BCUT2D eigenvalue weighted by Crippen LogP contribution is 2.27. The molecule has 1 amide bonds. The molecule has 2 aromatic rings. The standard InChI is InChI=1S/C17H20N2O3/c1-3-14(22-16-7-5-4-6-15(16)21-2)17(20)19-12-13-8-10-18-11-9-13/h4-11,14H,3,12H2,1-2H3,(H,19,20)/t14-/m0/s1. The van der Waals surface area contributed by atoms with Crippen molar-refractivity contribution in [2.45, 2.75) is 26.0 Å². The summed E-state index contributed by atoms with van der Waals surface area (Å²) < 4.78 is 11.0. The Balaban J connectivity index is 1.97. The molecule has 1 heterocycles. The third-order valence-corrected chi connectivity index (χ3v) is 3.22. The van der Waals surface area contributed by atoms with Crippen LogP contribution in [0.3, 0.4) is 0 Å². The van der Waals surface area contributed by atoms with Crippen molar-refractivity contribution < 1.29 is 14.3 Å². The maximum atomic E-state index is 12.3. The maximum absolute atomic E-state index is 12.3. The first-order valence-corrected chi connectivity index (χ1v) is 7.21. The van der Waals surface area contributed by atoms with E-state index in [-0.39, 0.29) is 5.91 Å². The molecule has 0 saturated carbocycles. The average molecular weight is 300 g/mol. The van der Waals surface area contributed by atoms with E-state index in [4.69, 9.17) is 9.47 Å². The summed E-state index contributed by atoms with van der Waals surface area (Å²) in [6.45, 7) is 2.36. The number of carbonyl (C=O) groups excluding carboxylic acids is 1. The molecule has 116 valence electrons. The third-order valence-electron chi connectivity index (χ3n) is 3.22. The van der Waals surface area contributed by atoms with Gasteiger partial charge in [0.25, 0.3) is 5.91 Å². The number of nitrogens with one attached hydrogen (secondary N) is 1. The van der Waals surface area contributed by atoms with Gasteiger partial charge in [-0.2, -0.15) is 0 Å². The molecule has 1 aromatic carbocycles. The Morgan fingerprint density at radius 2 is 1.86 bits per heavy atom. The number of para-hydroxylation sites is 2. The van der Waals surface area contributed by atoms with Gasteiger partial charge in [-0.1, -0.05) is 19.1 Å². The van der Waals surface area contributed by atoms with E-state index >= 15 is 0 Å². The fourth-order valence-corrected chi connectivity index (χ4v) is 2.00. The zero-order valence-corrected chi connectivity index (χ0v) is 12.8. The number of carbonyl (C=O) groups is 1. The van der Waals surface area contributed by atoms with Crippen LogP contribution in [0, 0.1) is 0 Å². The molecule has 0 aliphatic rings. The van der Waals surface area contributed by atoms with Crippen LogP contribution in [0.5, 0.6) is 11.5 Å². The minimum absolute atomic E-state index is 0.148. The number of hydrogen-bond acceptors (Lipinski definition) is 4. The average Bonchev–Trinajstić information content (AvgIpc) is 2.58. The largest absolute Gasteiger partial charge is 0.493 e. The van der Waals surface area contributed by atoms with Gasteiger partial charge in [0.2, 0.25) is 0 Å². The lowest BCUT2D eigenvalue weighted by Gasteiger charge is -2.18. The van der Waals surface area contributed by atoms with Crippen LogP contribution < -0.4 is 14.8 Å². The molecule has 0 aliphatic heterocycles. The Kier molecular flexibility index (Phi) is 5.77. The summed E-state index contributed by atoms with van der Waals surface area (Å²) in [6.07, 6.45) is 3.41. The van der Waals surface area contributed by atoms with E-state index in [1.54, 1.807) is 31.6 Å². The number of benzene rings is 1. The lowest BCUT2D eigenvalue weighted by atomic mass is 10.2. The summed E-state index contributed by atoms with van der Waals surface area (Å²) in [7, 11) is 1.58. The van der Waals surface area contributed by atoms with E-state index in [0.29, 0.717) is 24.5 Å². The molecule has 0 aliphatic carbocycles. The normalized spacial score (nSPS) is 11.5. The number of ether oxygens (including phenoxy) is 2. The first kappa shape index (κ1) is 15.8. The van der Waals surface area contributed by atoms with Crippen molar-refractivity contribution in [3.05, 3.63) is 54.4 Å². The number of rotatable bonds is 7. The van der Waals surface area contributed by atoms with Crippen molar-refractivity contribution in [1.82, 2.24) is 10.3 Å². The SMILES string of the molecule is CC[C@H](Oc1ccccc1OC)C(=O)NCc1ccncc1. The van der Waals surface area contributed by atoms with Crippen molar-refractivity contribution in [3.8, 4) is 11.5 Å². The smallest absolute Gasteiger partial charge is 0.261 e. The van der Waals surface area contributed by atoms with Crippen LogP contribution in [0.1, 0.15) is 18.9 Å². The summed E-state index contributed by atoms with van der Waals surface area (Å²) in [6, 6.07) is 11.0. The predicted molar refractivity (Wildman–Crippen MR) is 83.8 cm³/mol. The van der Waals surface area contributed by atoms with E-state index in [1.807, 2.05) is 31.2 Å². The first-order valence-electron chi connectivity index (χ1n) is 7.21. The number of aromatic nitrogens is 1. The van der Waals surface area contributed by atoms with Gasteiger partial charge < -0.3 is 14.8 Å². The summed E-state index contributed by atoms with van der Waals surface area (Å²) in [5, 5.41) is 2.88. The highest BCUT2D eigenvalue weighted by molar-refractivity contribution is 5.81. The van der Waals surface area contributed by atoms with E-state index in [9.17, 15) is 4.79 Å². The molecular formula is C17H20N2O3. The van der Waals surface area contributed by atoms with E-state index < -0.39 is 6.10 Å². The summed E-state index contributed by atoms with van der Waals surface area (Å²) in [4.78, 5) is 16.2. The minimum Gasteiger partial charge on any atom is -0.493 e. The predicted octanol–water partition coefficient (Wildman–Crippen LogP) is 2.56. The van der Waals surface area contributed by atoms with Crippen molar-refractivity contribution in [2.24, 2.45) is 0 Å². The van der Waals surface area contributed by atoms with Crippen LogP contribution in [-0.4, -0.2) is 24.1 Å². The Morgan fingerprint density at radius 3 is 2.50 bits per heavy atom. The molecule has 1 N–H and O–H groups in total. The lowest BCUT2D eigenvalue weighted by molar-refractivity contribution is -0.128. The Bertz CT molecular complexity index is 602. The van der Waals surface area contributed by atoms with Gasteiger partial charge in [0, 0.05) is 18.9 Å². The van der Waals surface area contributed by atoms with Gasteiger partial charge in [-0.25, -0.2) is 0 Å². The number of nitrogens with zero attached hydrogens (tertiary/aromatic N) is 1. The second-order valence-corrected chi connectivity index (χ2v) is 4.74. The summed E-state index contributed by atoms with van der Waals surface area (Å²) in [5.41, 5.74) is 0.996. The highest BCUT2D eigenvalue weighted by Gasteiger charge is 2.19. The van der Waals surface area contributed by atoms with Crippen LogP contribution >= 0.6 is 0 Å². The van der Waals surface area contributed by atoms with Crippen LogP contribution in [0.2, 0.25) is 0 Å². The topological polar surface area (TPSA) is 60.5 Å². The molecule has 0 unspecified atom stereocenters. The van der Waals surface area contributed by atoms with Gasteiger partial charge >= 0.3 is 0 Å². The lowest BCUT2D eigenvalue weighted by Crippen LogP contribution is -2.37.